The van der Waals surface area contributed by atoms with E-state index in [4.69, 9.17) is 21.1 Å². The minimum atomic E-state index is -0.871. The van der Waals surface area contributed by atoms with Gasteiger partial charge in [-0.25, -0.2) is 0 Å². The van der Waals surface area contributed by atoms with Gasteiger partial charge in [0.1, 0.15) is 6.10 Å². The predicted molar refractivity (Wildman–Crippen MR) is 76.5 cm³/mol. The number of methoxy groups -OCH3 is 2. The molecule has 0 aliphatic rings. The topological polar surface area (TPSA) is 56.5 Å². The van der Waals surface area contributed by atoms with E-state index in [1.54, 1.807) is 37.1 Å². The van der Waals surface area contributed by atoms with Crippen LogP contribution in [0.5, 0.6) is 11.5 Å². The van der Waals surface area contributed by atoms with Crippen LogP contribution in [0.2, 0.25) is 5.02 Å². The van der Waals surface area contributed by atoms with Crippen molar-refractivity contribution in [2.45, 2.75) is 19.6 Å². The smallest absolute Gasteiger partial charge is 0.161 e. The number of hydrogen-bond donors (Lipinski definition) is 1. The monoisotopic (exact) mass is 296 g/mol. The van der Waals surface area contributed by atoms with Crippen LogP contribution in [-0.2, 0) is 6.54 Å². The van der Waals surface area contributed by atoms with Gasteiger partial charge in [0.15, 0.2) is 11.5 Å². The Morgan fingerprint density at radius 2 is 2.00 bits per heavy atom. The fraction of sp³-hybridized carbons (Fsp3) is 0.357. The quantitative estimate of drug-likeness (QED) is 0.921. The Morgan fingerprint density at radius 1 is 1.30 bits per heavy atom. The normalized spacial score (nSPS) is 12.2. The Morgan fingerprint density at radius 3 is 2.60 bits per heavy atom. The van der Waals surface area contributed by atoms with Crippen molar-refractivity contribution in [3.63, 3.8) is 0 Å². The van der Waals surface area contributed by atoms with E-state index in [-0.39, 0.29) is 0 Å². The summed E-state index contributed by atoms with van der Waals surface area (Å²) in [6.45, 7) is 2.57. The molecule has 5 nitrogen and oxygen atoms in total. The molecule has 0 saturated heterocycles. The van der Waals surface area contributed by atoms with Crippen molar-refractivity contribution in [1.29, 1.82) is 0 Å². The molecule has 1 N–H and O–H groups in total. The maximum absolute atomic E-state index is 10.5. The first-order chi connectivity index (χ1) is 9.62. The molecule has 0 aliphatic heterocycles. The number of aryl methyl sites for hydroxylation is 1. The highest BCUT2D eigenvalue weighted by Crippen LogP contribution is 2.34. The highest BCUT2D eigenvalue weighted by atomic mass is 35.5. The van der Waals surface area contributed by atoms with Gasteiger partial charge in [0, 0.05) is 6.54 Å². The maximum Gasteiger partial charge on any atom is 0.161 e. The van der Waals surface area contributed by atoms with Crippen molar-refractivity contribution < 1.29 is 14.6 Å². The average Bonchev–Trinajstić information content (AvgIpc) is 2.86. The van der Waals surface area contributed by atoms with Gasteiger partial charge >= 0.3 is 0 Å². The second-order valence-corrected chi connectivity index (χ2v) is 4.62. The van der Waals surface area contributed by atoms with Gasteiger partial charge in [-0.05, 0) is 24.6 Å². The summed E-state index contributed by atoms with van der Waals surface area (Å²) in [6, 6.07) is 5.25. The first-order valence-electron chi connectivity index (χ1n) is 6.23. The van der Waals surface area contributed by atoms with Crippen LogP contribution in [0.3, 0.4) is 0 Å². The summed E-state index contributed by atoms with van der Waals surface area (Å²) in [5.41, 5.74) is 1.24. The van der Waals surface area contributed by atoms with Gasteiger partial charge in [-0.2, -0.15) is 5.10 Å². The lowest BCUT2D eigenvalue weighted by molar-refractivity contribution is 0.207. The molecule has 1 heterocycles. The Kier molecular flexibility index (Phi) is 4.52. The van der Waals surface area contributed by atoms with Crippen molar-refractivity contribution in [2.24, 2.45) is 0 Å². The van der Waals surface area contributed by atoms with Gasteiger partial charge in [-0.15, -0.1) is 0 Å². The van der Waals surface area contributed by atoms with Crippen LogP contribution in [0.4, 0.5) is 0 Å². The van der Waals surface area contributed by atoms with E-state index in [1.807, 2.05) is 6.92 Å². The molecule has 2 rings (SSSR count). The number of hydrogen-bond acceptors (Lipinski definition) is 4. The zero-order chi connectivity index (χ0) is 14.7. The molecule has 1 atom stereocenters. The highest BCUT2D eigenvalue weighted by molar-refractivity contribution is 6.31. The molecule has 6 heteroatoms. The SMILES string of the molecule is CCn1ncc(Cl)c1C(O)c1ccc(OC)c(OC)c1. The number of aromatic nitrogens is 2. The number of halogens is 1. The average molecular weight is 297 g/mol. The van der Waals surface area contributed by atoms with Gasteiger partial charge in [0.25, 0.3) is 0 Å². The zero-order valence-corrected chi connectivity index (χ0v) is 12.4. The van der Waals surface area contributed by atoms with Crippen LogP contribution >= 0.6 is 11.6 Å². The molecule has 0 spiro atoms. The van der Waals surface area contributed by atoms with Crippen LogP contribution in [0.1, 0.15) is 24.3 Å². The molecule has 108 valence electrons. The number of benzene rings is 1. The number of rotatable bonds is 5. The first-order valence-corrected chi connectivity index (χ1v) is 6.61. The van der Waals surface area contributed by atoms with Crippen LogP contribution in [-0.4, -0.2) is 29.1 Å². The first kappa shape index (κ1) is 14.7. The molecule has 2 aromatic rings. The minimum Gasteiger partial charge on any atom is -0.493 e. The maximum atomic E-state index is 10.5. The number of aliphatic hydroxyl groups excluding tert-OH is 1. The molecule has 1 aromatic carbocycles. The van der Waals surface area contributed by atoms with Crippen molar-refractivity contribution in [2.75, 3.05) is 14.2 Å². The Labute approximate surface area is 122 Å². The number of ether oxygens (including phenoxy) is 2. The predicted octanol–water partition coefficient (Wildman–Crippen LogP) is 2.66. The van der Waals surface area contributed by atoms with E-state index in [2.05, 4.69) is 5.10 Å². The fourth-order valence-corrected chi connectivity index (χ4v) is 2.32. The second-order valence-electron chi connectivity index (χ2n) is 4.21. The third-order valence-electron chi connectivity index (χ3n) is 3.12. The van der Waals surface area contributed by atoms with Gasteiger partial charge < -0.3 is 14.6 Å². The van der Waals surface area contributed by atoms with E-state index in [0.29, 0.717) is 34.3 Å². The van der Waals surface area contributed by atoms with Crippen LogP contribution in [0.15, 0.2) is 24.4 Å². The summed E-state index contributed by atoms with van der Waals surface area (Å²) in [5, 5.41) is 15.1. The molecule has 0 radical (unpaired) electrons. The minimum absolute atomic E-state index is 0.439. The molecule has 1 aromatic heterocycles. The Balaban J connectivity index is 2.42. The van der Waals surface area contributed by atoms with Crippen molar-refractivity contribution in [3.8, 4) is 11.5 Å². The standard InChI is InChI=1S/C14H17ClN2O3/c1-4-17-13(10(15)8-16-17)14(18)9-5-6-11(19-2)12(7-9)20-3/h5-8,14,18H,4H2,1-3H3. The van der Waals surface area contributed by atoms with Gasteiger partial charge in [-0.1, -0.05) is 17.7 Å². The number of aliphatic hydroxyl groups is 1. The van der Waals surface area contributed by atoms with E-state index >= 15 is 0 Å². The third kappa shape index (κ3) is 2.59. The van der Waals surface area contributed by atoms with Crippen molar-refractivity contribution in [3.05, 3.63) is 40.7 Å². The van der Waals surface area contributed by atoms with Crippen molar-refractivity contribution >= 4 is 11.6 Å². The molecule has 20 heavy (non-hydrogen) atoms. The molecule has 0 bridgehead atoms. The van der Waals surface area contributed by atoms with Crippen LogP contribution in [0, 0.1) is 0 Å². The Hall–Kier alpha value is -1.72. The van der Waals surface area contributed by atoms with E-state index < -0.39 is 6.10 Å². The van der Waals surface area contributed by atoms with E-state index in [9.17, 15) is 5.11 Å². The summed E-state index contributed by atoms with van der Waals surface area (Å²) in [5.74, 6) is 1.17. The largest absolute Gasteiger partial charge is 0.493 e. The lowest BCUT2D eigenvalue weighted by Gasteiger charge is -2.15. The highest BCUT2D eigenvalue weighted by Gasteiger charge is 2.20. The molecular weight excluding hydrogens is 280 g/mol. The fourth-order valence-electron chi connectivity index (χ4n) is 2.08. The van der Waals surface area contributed by atoms with Crippen LogP contribution < -0.4 is 9.47 Å². The molecule has 1 unspecified atom stereocenters. The zero-order valence-electron chi connectivity index (χ0n) is 11.6. The van der Waals surface area contributed by atoms with Gasteiger partial charge in [0.2, 0.25) is 0 Å². The lowest BCUT2D eigenvalue weighted by Crippen LogP contribution is -2.09. The molecular formula is C14H17ClN2O3. The van der Waals surface area contributed by atoms with Crippen molar-refractivity contribution in [1.82, 2.24) is 9.78 Å². The molecule has 0 amide bonds. The van der Waals surface area contributed by atoms with Gasteiger partial charge in [-0.3, -0.25) is 4.68 Å². The van der Waals surface area contributed by atoms with Crippen LogP contribution in [0.25, 0.3) is 0 Å². The molecule has 0 fully saturated rings. The second kappa shape index (κ2) is 6.15. The lowest BCUT2D eigenvalue weighted by atomic mass is 10.1. The molecule has 0 saturated carbocycles. The summed E-state index contributed by atoms with van der Waals surface area (Å²) in [7, 11) is 3.12. The van der Waals surface area contributed by atoms with E-state index in [1.165, 1.54) is 6.20 Å². The van der Waals surface area contributed by atoms with Gasteiger partial charge in [0.05, 0.1) is 31.1 Å². The molecule has 0 aliphatic carbocycles. The third-order valence-corrected chi connectivity index (χ3v) is 3.41. The summed E-state index contributed by atoms with van der Waals surface area (Å²) < 4.78 is 12.1. The number of nitrogens with zero attached hydrogens (tertiary/aromatic N) is 2. The summed E-state index contributed by atoms with van der Waals surface area (Å²) in [4.78, 5) is 0. The van der Waals surface area contributed by atoms with E-state index in [0.717, 1.165) is 0 Å². The Bertz CT molecular complexity index is 598. The summed E-state index contributed by atoms with van der Waals surface area (Å²) >= 11 is 6.10. The summed E-state index contributed by atoms with van der Waals surface area (Å²) in [6.07, 6.45) is 0.662.